The lowest BCUT2D eigenvalue weighted by Gasteiger charge is -2.11. The normalized spacial score (nSPS) is 10.7. The summed E-state index contributed by atoms with van der Waals surface area (Å²) in [6, 6.07) is 10.3. The van der Waals surface area contributed by atoms with Crippen molar-refractivity contribution >= 4 is 27.5 Å². The summed E-state index contributed by atoms with van der Waals surface area (Å²) in [5.74, 6) is 0.372. The number of nitrogens with one attached hydrogen (secondary N) is 1. The third kappa shape index (κ3) is 4.70. The Morgan fingerprint density at radius 3 is 2.76 bits per heavy atom. The summed E-state index contributed by atoms with van der Waals surface area (Å²) in [4.78, 5) is 0. The van der Waals surface area contributed by atoms with Crippen molar-refractivity contribution < 1.29 is 9.13 Å². The summed E-state index contributed by atoms with van der Waals surface area (Å²) in [6.07, 6.45) is 0. The molecule has 5 heteroatoms. The number of hydrogen-bond acceptors (Lipinski definition) is 2. The van der Waals surface area contributed by atoms with Gasteiger partial charge in [-0.3, -0.25) is 0 Å². The van der Waals surface area contributed by atoms with Gasteiger partial charge in [0.05, 0.1) is 4.47 Å². The Labute approximate surface area is 137 Å². The highest BCUT2D eigenvalue weighted by atomic mass is 79.9. The van der Waals surface area contributed by atoms with Crippen LogP contribution < -0.4 is 10.1 Å². The Kier molecular flexibility index (Phi) is 6.03. The zero-order chi connectivity index (χ0) is 15.2. The molecule has 0 saturated heterocycles. The molecule has 0 spiro atoms. The topological polar surface area (TPSA) is 21.3 Å². The summed E-state index contributed by atoms with van der Waals surface area (Å²) in [5, 5.41) is 3.83. The van der Waals surface area contributed by atoms with E-state index in [-0.39, 0.29) is 12.4 Å². The molecular formula is C16H16BrClFNO. The van der Waals surface area contributed by atoms with E-state index in [1.165, 1.54) is 6.07 Å². The molecule has 0 saturated carbocycles. The maximum absolute atomic E-state index is 13.8. The second-order valence-electron chi connectivity index (χ2n) is 4.57. The van der Waals surface area contributed by atoms with Crippen molar-refractivity contribution in [3.05, 3.63) is 62.8 Å². The fraction of sp³-hybridized carbons (Fsp3) is 0.250. The molecule has 0 unspecified atom stereocenters. The van der Waals surface area contributed by atoms with Gasteiger partial charge in [-0.25, -0.2) is 4.39 Å². The van der Waals surface area contributed by atoms with Crippen LogP contribution in [-0.2, 0) is 13.2 Å². The van der Waals surface area contributed by atoms with Gasteiger partial charge in [0.1, 0.15) is 18.2 Å². The molecule has 0 heterocycles. The van der Waals surface area contributed by atoms with E-state index in [0.29, 0.717) is 22.9 Å². The van der Waals surface area contributed by atoms with Crippen LogP contribution >= 0.6 is 27.5 Å². The van der Waals surface area contributed by atoms with E-state index in [9.17, 15) is 4.39 Å². The molecule has 0 atom stereocenters. The lowest BCUT2D eigenvalue weighted by Crippen LogP contribution is -2.12. The molecule has 2 rings (SSSR count). The number of benzene rings is 2. The highest BCUT2D eigenvalue weighted by Gasteiger charge is 2.07. The van der Waals surface area contributed by atoms with Crippen LogP contribution in [0, 0.1) is 5.82 Å². The molecule has 0 aliphatic rings. The van der Waals surface area contributed by atoms with E-state index in [2.05, 4.69) is 21.2 Å². The first kappa shape index (κ1) is 16.3. The van der Waals surface area contributed by atoms with Gasteiger partial charge in [0.15, 0.2) is 0 Å². The second kappa shape index (κ2) is 7.78. The largest absolute Gasteiger partial charge is 0.488 e. The van der Waals surface area contributed by atoms with E-state index in [4.69, 9.17) is 16.3 Å². The quantitative estimate of drug-likeness (QED) is 0.776. The standard InChI is InChI=1S/C16H16BrClFNO/c1-2-20-9-11-3-5-15(19)12(7-11)10-21-16-6-4-13(18)8-14(16)17/h3-8,20H,2,9-10H2,1H3. The molecule has 0 aliphatic carbocycles. The van der Waals surface area contributed by atoms with Crippen LogP contribution in [0.2, 0.25) is 5.02 Å². The SMILES string of the molecule is CCNCc1ccc(F)c(COc2ccc(Cl)cc2Br)c1. The molecule has 0 aliphatic heterocycles. The number of halogens is 3. The highest BCUT2D eigenvalue weighted by molar-refractivity contribution is 9.10. The summed E-state index contributed by atoms with van der Waals surface area (Å²) >= 11 is 9.25. The first-order valence-electron chi connectivity index (χ1n) is 6.66. The van der Waals surface area contributed by atoms with Crippen molar-refractivity contribution in [3.8, 4) is 5.75 Å². The van der Waals surface area contributed by atoms with Crippen LogP contribution in [-0.4, -0.2) is 6.54 Å². The van der Waals surface area contributed by atoms with Crippen molar-refractivity contribution in [2.24, 2.45) is 0 Å². The molecule has 0 bridgehead atoms. The molecule has 2 aromatic rings. The van der Waals surface area contributed by atoms with Gasteiger partial charge >= 0.3 is 0 Å². The van der Waals surface area contributed by atoms with Crippen molar-refractivity contribution in [1.29, 1.82) is 0 Å². The van der Waals surface area contributed by atoms with Gasteiger partial charge in [-0.2, -0.15) is 0 Å². The van der Waals surface area contributed by atoms with E-state index in [1.807, 2.05) is 13.0 Å². The predicted molar refractivity (Wildman–Crippen MR) is 87.3 cm³/mol. The summed E-state index contributed by atoms with van der Waals surface area (Å²) in [7, 11) is 0. The molecule has 112 valence electrons. The molecule has 0 aromatic heterocycles. The van der Waals surface area contributed by atoms with Crippen LogP contribution in [0.1, 0.15) is 18.1 Å². The smallest absolute Gasteiger partial charge is 0.134 e. The monoisotopic (exact) mass is 371 g/mol. The fourth-order valence-corrected chi connectivity index (χ4v) is 2.66. The minimum absolute atomic E-state index is 0.173. The molecule has 1 N–H and O–H groups in total. The summed E-state index contributed by atoms with van der Waals surface area (Å²) < 4.78 is 20.2. The number of rotatable bonds is 6. The van der Waals surface area contributed by atoms with Crippen molar-refractivity contribution in [2.75, 3.05) is 6.54 Å². The predicted octanol–water partition coefficient (Wildman–Crippen LogP) is 4.93. The van der Waals surface area contributed by atoms with Crippen LogP contribution in [0.4, 0.5) is 4.39 Å². The lowest BCUT2D eigenvalue weighted by molar-refractivity contribution is 0.298. The average Bonchev–Trinajstić information content (AvgIpc) is 2.46. The van der Waals surface area contributed by atoms with Crippen molar-refractivity contribution in [2.45, 2.75) is 20.1 Å². The van der Waals surface area contributed by atoms with E-state index < -0.39 is 0 Å². The third-order valence-electron chi connectivity index (χ3n) is 2.97. The van der Waals surface area contributed by atoms with Gasteiger partial charge in [-0.05, 0) is 58.4 Å². The Balaban J connectivity index is 2.08. The molecule has 2 aromatic carbocycles. The highest BCUT2D eigenvalue weighted by Crippen LogP contribution is 2.28. The fourth-order valence-electron chi connectivity index (χ4n) is 1.87. The molecule has 0 fully saturated rings. The van der Waals surface area contributed by atoms with Gasteiger partial charge in [-0.1, -0.05) is 24.6 Å². The maximum atomic E-state index is 13.8. The zero-order valence-corrected chi connectivity index (χ0v) is 14.0. The van der Waals surface area contributed by atoms with Gasteiger partial charge in [0.25, 0.3) is 0 Å². The van der Waals surface area contributed by atoms with E-state index in [0.717, 1.165) is 16.6 Å². The van der Waals surface area contributed by atoms with Gasteiger partial charge in [-0.15, -0.1) is 0 Å². The first-order valence-corrected chi connectivity index (χ1v) is 7.83. The molecule has 2 nitrogen and oxygen atoms in total. The maximum Gasteiger partial charge on any atom is 0.134 e. The van der Waals surface area contributed by atoms with Crippen LogP contribution in [0.15, 0.2) is 40.9 Å². The van der Waals surface area contributed by atoms with E-state index >= 15 is 0 Å². The summed E-state index contributed by atoms with van der Waals surface area (Å²) in [6.45, 7) is 3.80. The minimum Gasteiger partial charge on any atom is -0.488 e. The lowest BCUT2D eigenvalue weighted by atomic mass is 10.1. The molecular weight excluding hydrogens is 357 g/mol. The number of hydrogen-bond donors (Lipinski definition) is 1. The molecule has 0 radical (unpaired) electrons. The number of ether oxygens (including phenoxy) is 1. The minimum atomic E-state index is -0.264. The van der Waals surface area contributed by atoms with E-state index in [1.54, 1.807) is 24.3 Å². The van der Waals surface area contributed by atoms with Crippen molar-refractivity contribution in [3.63, 3.8) is 0 Å². The van der Waals surface area contributed by atoms with Gasteiger partial charge < -0.3 is 10.1 Å². The third-order valence-corrected chi connectivity index (χ3v) is 3.82. The van der Waals surface area contributed by atoms with Gasteiger partial charge in [0, 0.05) is 17.1 Å². The Morgan fingerprint density at radius 2 is 2.05 bits per heavy atom. The molecule has 21 heavy (non-hydrogen) atoms. The second-order valence-corrected chi connectivity index (χ2v) is 5.86. The molecule has 0 amide bonds. The van der Waals surface area contributed by atoms with Crippen molar-refractivity contribution in [1.82, 2.24) is 5.32 Å². The van der Waals surface area contributed by atoms with Crippen LogP contribution in [0.25, 0.3) is 0 Å². The first-order chi connectivity index (χ1) is 10.1. The zero-order valence-electron chi connectivity index (χ0n) is 11.6. The van der Waals surface area contributed by atoms with Gasteiger partial charge in [0.2, 0.25) is 0 Å². The van der Waals surface area contributed by atoms with Crippen LogP contribution in [0.5, 0.6) is 5.75 Å². The Morgan fingerprint density at radius 1 is 1.24 bits per heavy atom. The average molecular weight is 373 g/mol. The Bertz CT molecular complexity index is 621. The summed E-state index contributed by atoms with van der Waals surface area (Å²) in [5.41, 5.74) is 1.57. The Hall–Kier alpha value is -1.10. The van der Waals surface area contributed by atoms with Crippen LogP contribution in [0.3, 0.4) is 0 Å².